The van der Waals surface area contributed by atoms with Crippen LogP contribution in [-0.4, -0.2) is 29.5 Å². The lowest BCUT2D eigenvalue weighted by molar-refractivity contribution is 0.123. The normalized spacial score (nSPS) is 13.1. The van der Waals surface area contributed by atoms with E-state index in [4.69, 9.17) is 4.74 Å². The van der Waals surface area contributed by atoms with E-state index in [1.54, 1.807) is 0 Å². The highest BCUT2D eigenvalue weighted by atomic mass is 79.9. The smallest absolute Gasteiger partial charge is 0.0699 e. The van der Waals surface area contributed by atoms with Crippen molar-refractivity contribution in [3.63, 3.8) is 0 Å². The zero-order valence-electron chi connectivity index (χ0n) is 13.2. The lowest BCUT2D eigenvalue weighted by Crippen LogP contribution is -2.27. The maximum atomic E-state index is 5.65. The van der Waals surface area contributed by atoms with Crippen molar-refractivity contribution in [3.05, 3.63) is 16.4 Å². The van der Waals surface area contributed by atoms with Gasteiger partial charge in [0.15, 0.2) is 0 Å². The van der Waals surface area contributed by atoms with Crippen molar-refractivity contribution in [2.75, 3.05) is 19.8 Å². The number of nitrogens with zero attached hydrogens (tertiary/aromatic N) is 2. The van der Waals surface area contributed by atoms with E-state index < -0.39 is 0 Å². The number of aromatic nitrogens is 2. The second-order valence-electron chi connectivity index (χ2n) is 5.32. The molecule has 0 aromatic carbocycles. The van der Waals surface area contributed by atoms with E-state index in [1.807, 2.05) is 6.20 Å². The summed E-state index contributed by atoms with van der Waals surface area (Å²) in [4.78, 5) is 0. The summed E-state index contributed by atoms with van der Waals surface area (Å²) in [7, 11) is 0. The molecule has 0 aliphatic rings. The third-order valence-electron chi connectivity index (χ3n) is 3.15. The Balaban J connectivity index is 2.78. The van der Waals surface area contributed by atoms with Crippen LogP contribution in [0.2, 0.25) is 0 Å². The fraction of sp³-hybridized carbons (Fsp3) is 0.800. The van der Waals surface area contributed by atoms with Crippen molar-refractivity contribution < 1.29 is 4.74 Å². The van der Waals surface area contributed by atoms with Crippen LogP contribution in [0, 0.1) is 0 Å². The van der Waals surface area contributed by atoms with Crippen LogP contribution in [0.15, 0.2) is 10.7 Å². The molecule has 116 valence electrons. The lowest BCUT2D eigenvalue weighted by Gasteiger charge is -2.22. The molecule has 0 radical (unpaired) electrons. The third-order valence-corrected chi connectivity index (χ3v) is 3.76. The van der Waals surface area contributed by atoms with E-state index in [0.717, 1.165) is 43.5 Å². The van der Waals surface area contributed by atoms with Crippen LogP contribution in [0.25, 0.3) is 0 Å². The van der Waals surface area contributed by atoms with Crippen LogP contribution in [-0.2, 0) is 4.74 Å². The monoisotopic (exact) mass is 345 g/mol. The first kappa shape index (κ1) is 17.7. The van der Waals surface area contributed by atoms with Gasteiger partial charge in [0.05, 0.1) is 22.4 Å². The van der Waals surface area contributed by atoms with Crippen LogP contribution in [0.4, 0.5) is 0 Å². The Bertz CT molecular complexity index is 379. The van der Waals surface area contributed by atoms with Crippen molar-refractivity contribution in [3.8, 4) is 0 Å². The Morgan fingerprint density at radius 2 is 2.05 bits per heavy atom. The number of ether oxygens (including phenoxy) is 1. The van der Waals surface area contributed by atoms with Crippen molar-refractivity contribution >= 4 is 15.9 Å². The quantitative estimate of drug-likeness (QED) is 0.649. The molecule has 1 atom stereocenters. The predicted octanol–water partition coefficient (Wildman–Crippen LogP) is 4.08. The molecule has 1 unspecified atom stereocenters. The largest absolute Gasteiger partial charge is 0.381 e. The van der Waals surface area contributed by atoms with Gasteiger partial charge in [0.25, 0.3) is 0 Å². The first-order valence-corrected chi connectivity index (χ1v) is 8.45. The fourth-order valence-electron chi connectivity index (χ4n) is 2.19. The second kappa shape index (κ2) is 9.53. The Morgan fingerprint density at radius 3 is 2.65 bits per heavy atom. The molecule has 1 heterocycles. The molecule has 1 aromatic rings. The maximum absolute atomic E-state index is 5.65. The summed E-state index contributed by atoms with van der Waals surface area (Å²) in [6.07, 6.45) is 5.06. The topological polar surface area (TPSA) is 39.1 Å². The molecular formula is C15H28BrN3O. The van der Waals surface area contributed by atoms with Gasteiger partial charge < -0.3 is 10.1 Å². The molecule has 0 amide bonds. The van der Waals surface area contributed by atoms with Crippen molar-refractivity contribution in [2.24, 2.45) is 0 Å². The lowest BCUT2D eigenvalue weighted by atomic mass is 10.1. The minimum atomic E-state index is 0.283. The molecule has 1 aromatic heterocycles. The van der Waals surface area contributed by atoms with Gasteiger partial charge in [-0.3, -0.25) is 4.68 Å². The molecule has 4 nitrogen and oxygen atoms in total. The van der Waals surface area contributed by atoms with E-state index in [1.165, 1.54) is 5.69 Å². The average molecular weight is 346 g/mol. The van der Waals surface area contributed by atoms with Crippen molar-refractivity contribution in [1.29, 1.82) is 0 Å². The van der Waals surface area contributed by atoms with Gasteiger partial charge in [-0.15, -0.1) is 0 Å². The van der Waals surface area contributed by atoms with E-state index in [-0.39, 0.29) is 6.04 Å². The molecule has 0 spiro atoms. The van der Waals surface area contributed by atoms with Gasteiger partial charge in [0.2, 0.25) is 0 Å². The summed E-state index contributed by atoms with van der Waals surface area (Å²) < 4.78 is 8.82. The first-order valence-electron chi connectivity index (χ1n) is 7.65. The van der Waals surface area contributed by atoms with Crippen molar-refractivity contribution in [2.45, 2.75) is 59.0 Å². The van der Waals surface area contributed by atoms with E-state index >= 15 is 0 Å². The summed E-state index contributed by atoms with van der Waals surface area (Å²) in [5.41, 5.74) is 1.23. The zero-order valence-corrected chi connectivity index (χ0v) is 14.7. The molecule has 20 heavy (non-hydrogen) atoms. The number of hydrogen-bond acceptors (Lipinski definition) is 3. The van der Waals surface area contributed by atoms with Gasteiger partial charge in [-0.25, -0.2) is 0 Å². The maximum Gasteiger partial charge on any atom is 0.0699 e. The molecule has 0 aliphatic carbocycles. The molecule has 0 aliphatic heterocycles. The number of rotatable bonds is 10. The molecular weight excluding hydrogens is 318 g/mol. The number of hydrogen-bond donors (Lipinski definition) is 1. The Hall–Kier alpha value is -0.390. The highest BCUT2D eigenvalue weighted by Crippen LogP contribution is 2.28. The van der Waals surface area contributed by atoms with Gasteiger partial charge in [-0.1, -0.05) is 13.8 Å². The van der Waals surface area contributed by atoms with Crippen LogP contribution in [0.1, 0.15) is 64.7 Å². The summed E-state index contributed by atoms with van der Waals surface area (Å²) in [6.45, 7) is 11.3. The SMILES string of the molecule is CCCNC(CCOCCC)c1c(Br)cnn1C(C)C. The minimum absolute atomic E-state index is 0.283. The molecule has 5 heteroatoms. The Kier molecular flexibility index (Phi) is 8.41. The highest BCUT2D eigenvalue weighted by molar-refractivity contribution is 9.10. The molecule has 1 rings (SSSR count). The standard InChI is InChI=1S/C15H28BrN3O/c1-5-8-17-14(7-10-20-9-6-2)15-13(16)11-18-19(15)12(3)4/h11-12,14,17H,5-10H2,1-4H3. The minimum Gasteiger partial charge on any atom is -0.381 e. The third kappa shape index (κ3) is 5.19. The first-order chi connectivity index (χ1) is 9.61. The molecule has 0 saturated carbocycles. The van der Waals surface area contributed by atoms with E-state index in [2.05, 4.69) is 58.7 Å². The van der Waals surface area contributed by atoms with Crippen molar-refractivity contribution in [1.82, 2.24) is 15.1 Å². The fourth-order valence-corrected chi connectivity index (χ4v) is 2.74. The summed E-state index contributed by atoms with van der Waals surface area (Å²) in [6, 6.07) is 0.643. The number of halogens is 1. The summed E-state index contributed by atoms with van der Waals surface area (Å²) in [5, 5.41) is 8.09. The van der Waals surface area contributed by atoms with Gasteiger partial charge in [-0.2, -0.15) is 5.10 Å². The Labute approximate surface area is 131 Å². The predicted molar refractivity (Wildman–Crippen MR) is 87.1 cm³/mol. The molecule has 0 fully saturated rings. The van der Waals surface area contributed by atoms with E-state index in [0.29, 0.717) is 6.04 Å². The summed E-state index contributed by atoms with van der Waals surface area (Å²) in [5.74, 6) is 0. The van der Waals surface area contributed by atoms with Gasteiger partial charge in [0, 0.05) is 19.3 Å². The summed E-state index contributed by atoms with van der Waals surface area (Å²) >= 11 is 3.64. The van der Waals surface area contributed by atoms with Gasteiger partial charge in [-0.05, 0) is 55.6 Å². The zero-order chi connectivity index (χ0) is 15.0. The molecule has 1 N–H and O–H groups in total. The molecule has 0 saturated heterocycles. The second-order valence-corrected chi connectivity index (χ2v) is 6.18. The van der Waals surface area contributed by atoms with Crippen LogP contribution >= 0.6 is 15.9 Å². The van der Waals surface area contributed by atoms with Gasteiger partial charge >= 0.3 is 0 Å². The van der Waals surface area contributed by atoms with Crippen LogP contribution in [0.3, 0.4) is 0 Å². The Morgan fingerprint density at radius 1 is 1.30 bits per heavy atom. The highest BCUT2D eigenvalue weighted by Gasteiger charge is 2.20. The van der Waals surface area contributed by atoms with E-state index in [9.17, 15) is 0 Å². The van der Waals surface area contributed by atoms with Gasteiger partial charge in [0.1, 0.15) is 0 Å². The average Bonchev–Trinajstić information content (AvgIpc) is 2.80. The van der Waals surface area contributed by atoms with Crippen LogP contribution in [0.5, 0.6) is 0 Å². The molecule has 0 bridgehead atoms. The number of nitrogens with one attached hydrogen (secondary N) is 1. The van der Waals surface area contributed by atoms with Crippen LogP contribution < -0.4 is 5.32 Å².